The minimum atomic E-state index is -0.259. The molecule has 0 atom stereocenters. The number of benzene rings is 1. The quantitative estimate of drug-likeness (QED) is 0.885. The van der Waals surface area contributed by atoms with Gasteiger partial charge in [0.25, 0.3) is 0 Å². The highest BCUT2D eigenvalue weighted by atomic mass is 19.1. The van der Waals surface area contributed by atoms with Crippen molar-refractivity contribution >= 4 is 5.69 Å². The lowest BCUT2D eigenvalue weighted by molar-refractivity contribution is 0.281. The first-order valence-electron chi connectivity index (χ1n) is 6.91. The molecule has 1 aliphatic rings. The van der Waals surface area contributed by atoms with Gasteiger partial charge < -0.3 is 10.0 Å². The maximum absolute atomic E-state index is 13.5. The van der Waals surface area contributed by atoms with Gasteiger partial charge in [-0.1, -0.05) is 19.3 Å². The molecule has 2 rings (SSSR count). The lowest BCUT2D eigenvalue weighted by Gasteiger charge is -2.35. The predicted octanol–water partition coefficient (Wildman–Crippen LogP) is 3.48. The molecule has 0 radical (unpaired) electrons. The van der Waals surface area contributed by atoms with E-state index in [1.807, 2.05) is 6.07 Å². The third-order valence-electron chi connectivity index (χ3n) is 3.81. The Balaban J connectivity index is 2.22. The molecular formula is C15H22FNO. The fraction of sp³-hybridized carbons (Fsp3) is 0.600. The van der Waals surface area contributed by atoms with Crippen LogP contribution < -0.4 is 4.90 Å². The molecule has 0 aliphatic heterocycles. The molecule has 0 saturated heterocycles. The Labute approximate surface area is 108 Å². The SMILES string of the molecule is CCN(c1cc(F)cc(CO)c1)C1CCCCC1. The van der Waals surface area contributed by atoms with Crippen molar-refractivity contribution in [1.82, 2.24) is 0 Å². The lowest BCUT2D eigenvalue weighted by Crippen LogP contribution is -2.36. The van der Waals surface area contributed by atoms with E-state index in [2.05, 4.69) is 11.8 Å². The molecule has 0 amide bonds. The number of hydrogen-bond acceptors (Lipinski definition) is 2. The number of hydrogen-bond donors (Lipinski definition) is 1. The van der Waals surface area contributed by atoms with E-state index in [0.717, 1.165) is 12.2 Å². The van der Waals surface area contributed by atoms with Crippen LogP contribution in [0.25, 0.3) is 0 Å². The molecule has 1 N–H and O–H groups in total. The summed E-state index contributed by atoms with van der Waals surface area (Å²) < 4.78 is 13.5. The van der Waals surface area contributed by atoms with Crippen molar-refractivity contribution in [3.8, 4) is 0 Å². The van der Waals surface area contributed by atoms with Crippen molar-refractivity contribution in [3.63, 3.8) is 0 Å². The molecule has 1 aromatic carbocycles. The summed E-state index contributed by atoms with van der Waals surface area (Å²) in [6, 6.07) is 5.41. The number of nitrogens with zero attached hydrogens (tertiary/aromatic N) is 1. The third kappa shape index (κ3) is 3.02. The van der Waals surface area contributed by atoms with Crippen molar-refractivity contribution < 1.29 is 9.50 Å². The smallest absolute Gasteiger partial charge is 0.125 e. The van der Waals surface area contributed by atoms with Crippen LogP contribution in [0, 0.1) is 5.82 Å². The predicted molar refractivity (Wildman–Crippen MR) is 72.2 cm³/mol. The highest BCUT2D eigenvalue weighted by molar-refractivity contribution is 5.50. The number of anilines is 1. The molecule has 0 bridgehead atoms. The zero-order valence-electron chi connectivity index (χ0n) is 11.0. The first-order chi connectivity index (χ1) is 8.74. The highest BCUT2D eigenvalue weighted by Crippen LogP contribution is 2.28. The molecule has 0 aromatic heterocycles. The number of aliphatic hydroxyl groups excluding tert-OH is 1. The number of halogens is 1. The van der Waals surface area contributed by atoms with Crippen LogP contribution in [0.2, 0.25) is 0 Å². The summed E-state index contributed by atoms with van der Waals surface area (Å²) in [5.74, 6) is -0.259. The zero-order valence-corrected chi connectivity index (χ0v) is 11.0. The summed E-state index contributed by atoms with van der Waals surface area (Å²) in [7, 11) is 0. The van der Waals surface area contributed by atoms with E-state index in [1.165, 1.54) is 38.2 Å². The van der Waals surface area contributed by atoms with E-state index < -0.39 is 0 Å². The fourth-order valence-electron chi connectivity index (χ4n) is 2.93. The van der Waals surface area contributed by atoms with E-state index in [1.54, 1.807) is 6.07 Å². The van der Waals surface area contributed by atoms with E-state index >= 15 is 0 Å². The van der Waals surface area contributed by atoms with Gasteiger partial charge in [0, 0.05) is 18.3 Å². The maximum Gasteiger partial charge on any atom is 0.125 e. The average molecular weight is 251 g/mol. The lowest BCUT2D eigenvalue weighted by atomic mass is 9.93. The summed E-state index contributed by atoms with van der Waals surface area (Å²) in [5.41, 5.74) is 1.56. The monoisotopic (exact) mass is 251 g/mol. The van der Waals surface area contributed by atoms with Gasteiger partial charge in [0.05, 0.1) is 6.61 Å². The Kier molecular flexibility index (Phi) is 4.59. The molecule has 1 saturated carbocycles. The zero-order chi connectivity index (χ0) is 13.0. The first-order valence-corrected chi connectivity index (χ1v) is 6.91. The Morgan fingerprint density at radius 2 is 1.94 bits per heavy atom. The minimum absolute atomic E-state index is 0.104. The summed E-state index contributed by atoms with van der Waals surface area (Å²) >= 11 is 0. The van der Waals surface area contributed by atoms with Crippen molar-refractivity contribution in [3.05, 3.63) is 29.6 Å². The van der Waals surface area contributed by atoms with Crippen LogP contribution in [0.3, 0.4) is 0 Å². The van der Waals surface area contributed by atoms with Crippen molar-refractivity contribution in [1.29, 1.82) is 0 Å². The molecule has 1 aliphatic carbocycles. The van der Waals surface area contributed by atoms with Crippen LogP contribution in [-0.4, -0.2) is 17.7 Å². The van der Waals surface area contributed by atoms with Gasteiger partial charge in [-0.2, -0.15) is 0 Å². The van der Waals surface area contributed by atoms with Gasteiger partial charge in [0.1, 0.15) is 5.82 Å². The summed E-state index contributed by atoms with van der Waals surface area (Å²) in [4.78, 5) is 2.28. The third-order valence-corrected chi connectivity index (χ3v) is 3.81. The van der Waals surface area contributed by atoms with E-state index in [9.17, 15) is 4.39 Å². The van der Waals surface area contributed by atoms with Gasteiger partial charge >= 0.3 is 0 Å². The molecule has 0 spiro atoms. The number of aliphatic hydroxyl groups is 1. The second kappa shape index (κ2) is 6.19. The van der Waals surface area contributed by atoms with Gasteiger partial charge in [-0.15, -0.1) is 0 Å². The molecule has 2 nitrogen and oxygen atoms in total. The van der Waals surface area contributed by atoms with Gasteiger partial charge in [0.2, 0.25) is 0 Å². The maximum atomic E-state index is 13.5. The largest absolute Gasteiger partial charge is 0.392 e. The van der Waals surface area contributed by atoms with Gasteiger partial charge in [0.15, 0.2) is 0 Å². The molecular weight excluding hydrogens is 229 g/mol. The second-order valence-corrected chi connectivity index (χ2v) is 5.05. The van der Waals surface area contributed by atoms with Crippen molar-refractivity contribution in [2.24, 2.45) is 0 Å². The van der Waals surface area contributed by atoms with Crippen LogP contribution in [0.1, 0.15) is 44.6 Å². The van der Waals surface area contributed by atoms with E-state index in [0.29, 0.717) is 11.6 Å². The van der Waals surface area contributed by atoms with E-state index in [4.69, 9.17) is 5.11 Å². The van der Waals surface area contributed by atoms with Crippen LogP contribution in [0.4, 0.5) is 10.1 Å². The van der Waals surface area contributed by atoms with Crippen LogP contribution >= 0.6 is 0 Å². The number of rotatable bonds is 4. The molecule has 0 unspecified atom stereocenters. The molecule has 3 heteroatoms. The molecule has 18 heavy (non-hydrogen) atoms. The van der Waals surface area contributed by atoms with Crippen molar-refractivity contribution in [2.45, 2.75) is 51.7 Å². The van der Waals surface area contributed by atoms with E-state index in [-0.39, 0.29) is 12.4 Å². The van der Waals surface area contributed by atoms with Gasteiger partial charge in [-0.25, -0.2) is 4.39 Å². The fourth-order valence-corrected chi connectivity index (χ4v) is 2.93. The van der Waals surface area contributed by atoms with Crippen LogP contribution in [0.15, 0.2) is 18.2 Å². The topological polar surface area (TPSA) is 23.5 Å². The summed E-state index contributed by atoms with van der Waals surface area (Å²) in [6.45, 7) is 2.89. The van der Waals surface area contributed by atoms with Gasteiger partial charge in [-0.3, -0.25) is 0 Å². The standard InChI is InChI=1S/C15H22FNO/c1-2-17(14-6-4-3-5-7-14)15-9-12(11-18)8-13(16)10-15/h8-10,14,18H,2-7,11H2,1H3. The molecule has 1 aromatic rings. The Morgan fingerprint density at radius 3 is 2.56 bits per heavy atom. The molecule has 0 heterocycles. The molecule has 1 fully saturated rings. The minimum Gasteiger partial charge on any atom is -0.392 e. The normalized spacial score (nSPS) is 16.8. The summed E-state index contributed by atoms with van der Waals surface area (Å²) in [5, 5.41) is 9.17. The highest BCUT2D eigenvalue weighted by Gasteiger charge is 2.20. The Hall–Kier alpha value is -1.09. The van der Waals surface area contributed by atoms with Gasteiger partial charge in [-0.05, 0) is 43.5 Å². The van der Waals surface area contributed by atoms with Crippen molar-refractivity contribution in [2.75, 3.05) is 11.4 Å². The average Bonchev–Trinajstić information content (AvgIpc) is 2.40. The first kappa shape index (κ1) is 13.3. The molecule has 100 valence electrons. The van der Waals surface area contributed by atoms with Crippen LogP contribution in [-0.2, 0) is 6.61 Å². The van der Waals surface area contributed by atoms with Crippen LogP contribution in [0.5, 0.6) is 0 Å². The Morgan fingerprint density at radius 1 is 1.22 bits per heavy atom. The Bertz CT molecular complexity index is 388. The second-order valence-electron chi connectivity index (χ2n) is 5.05. The summed E-state index contributed by atoms with van der Waals surface area (Å²) in [6.07, 6.45) is 6.24.